The van der Waals surface area contributed by atoms with Crippen molar-refractivity contribution >= 4 is 11.3 Å². The van der Waals surface area contributed by atoms with Gasteiger partial charge in [0, 0.05) is 11.8 Å². The van der Waals surface area contributed by atoms with E-state index in [1.54, 1.807) is 11.3 Å². The van der Waals surface area contributed by atoms with Crippen LogP contribution in [0.25, 0.3) is 0 Å². The highest BCUT2D eigenvalue weighted by Crippen LogP contribution is 2.37. The first kappa shape index (κ1) is 13.0. The van der Waals surface area contributed by atoms with Crippen LogP contribution in [0.2, 0.25) is 0 Å². The minimum Gasteiger partial charge on any atom is -0.389 e. The first-order valence-corrected chi connectivity index (χ1v) is 7.50. The van der Waals surface area contributed by atoms with Crippen molar-refractivity contribution in [3.8, 4) is 0 Å². The Bertz CT molecular complexity index is 364. The minimum absolute atomic E-state index is 0.494. The monoisotopic (exact) mass is 253 g/mol. The Kier molecular flexibility index (Phi) is 3.88. The fraction of sp³-hybridized carbons (Fsp3) is 0.786. The Balaban J connectivity index is 1.93. The predicted molar refractivity (Wildman–Crippen MR) is 72.3 cm³/mol. The second-order valence-corrected chi connectivity index (χ2v) is 6.90. The van der Waals surface area contributed by atoms with E-state index < -0.39 is 5.60 Å². The van der Waals surface area contributed by atoms with Crippen molar-refractivity contribution < 1.29 is 5.11 Å². The van der Waals surface area contributed by atoms with Gasteiger partial charge in [0.2, 0.25) is 0 Å². The minimum atomic E-state index is -0.494. The molecule has 0 atom stereocenters. The summed E-state index contributed by atoms with van der Waals surface area (Å²) in [4.78, 5) is 4.46. The Labute approximate surface area is 108 Å². The van der Waals surface area contributed by atoms with E-state index in [4.69, 9.17) is 0 Å². The van der Waals surface area contributed by atoms with E-state index in [2.05, 4.69) is 24.2 Å². The second-order valence-electron chi connectivity index (χ2n) is 5.84. The third kappa shape index (κ3) is 3.29. The maximum Gasteiger partial charge on any atom is 0.0897 e. The predicted octanol–water partition coefficient (Wildman–Crippen LogP) is 3.57. The molecule has 0 aliphatic heterocycles. The number of aromatic nitrogens is 1. The fourth-order valence-corrected chi connectivity index (χ4v) is 3.46. The molecule has 0 unspecified atom stereocenters. The summed E-state index contributed by atoms with van der Waals surface area (Å²) in [5.74, 6) is 1.55. The van der Waals surface area contributed by atoms with Crippen molar-refractivity contribution in [3.63, 3.8) is 0 Å². The molecule has 1 saturated carbocycles. The summed E-state index contributed by atoms with van der Waals surface area (Å²) < 4.78 is 0. The topological polar surface area (TPSA) is 33.1 Å². The zero-order chi connectivity index (χ0) is 12.5. The standard InChI is InChI=1S/C14H23NOS/c1-10(2)12-4-6-14(16,7-5-12)8-13-9-17-11(3)15-13/h9-10,12,16H,4-8H2,1-3H3. The van der Waals surface area contributed by atoms with Crippen LogP contribution < -0.4 is 0 Å². The van der Waals surface area contributed by atoms with Gasteiger partial charge in [0.1, 0.15) is 0 Å². The quantitative estimate of drug-likeness (QED) is 0.893. The van der Waals surface area contributed by atoms with Gasteiger partial charge in [0.15, 0.2) is 0 Å². The van der Waals surface area contributed by atoms with Crippen LogP contribution in [0, 0.1) is 18.8 Å². The van der Waals surface area contributed by atoms with Gasteiger partial charge in [-0.1, -0.05) is 13.8 Å². The molecule has 17 heavy (non-hydrogen) atoms. The number of hydrogen-bond acceptors (Lipinski definition) is 3. The van der Waals surface area contributed by atoms with Gasteiger partial charge in [-0.3, -0.25) is 0 Å². The summed E-state index contributed by atoms with van der Waals surface area (Å²) in [5.41, 5.74) is 0.573. The SMILES string of the molecule is Cc1nc(CC2(O)CCC(C(C)C)CC2)cs1. The molecular weight excluding hydrogens is 230 g/mol. The number of rotatable bonds is 3. The summed E-state index contributed by atoms with van der Waals surface area (Å²) in [6.07, 6.45) is 4.94. The summed E-state index contributed by atoms with van der Waals surface area (Å²) in [6.45, 7) is 6.60. The van der Waals surface area contributed by atoms with E-state index in [-0.39, 0.29) is 0 Å². The van der Waals surface area contributed by atoms with E-state index in [0.717, 1.165) is 54.6 Å². The molecule has 2 nitrogen and oxygen atoms in total. The summed E-state index contributed by atoms with van der Waals surface area (Å²) in [7, 11) is 0. The molecule has 0 aromatic carbocycles. The van der Waals surface area contributed by atoms with Gasteiger partial charge in [0.05, 0.1) is 16.3 Å². The molecule has 1 fully saturated rings. The van der Waals surface area contributed by atoms with Gasteiger partial charge in [-0.15, -0.1) is 11.3 Å². The third-order valence-electron chi connectivity index (χ3n) is 4.08. The van der Waals surface area contributed by atoms with Crippen LogP contribution in [0.4, 0.5) is 0 Å². The maximum absolute atomic E-state index is 10.6. The van der Waals surface area contributed by atoms with Crippen LogP contribution in [0.1, 0.15) is 50.2 Å². The highest BCUT2D eigenvalue weighted by Gasteiger charge is 2.34. The number of aliphatic hydroxyl groups is 1. The fourth-order valence-electron chi connectivity index (χ4n) is 2.85. The van der Waals surface area contributed by atoms with Gasteiger partial charge in [-0.05, 0) is 44.4 Å². The van der Waals surface area contributed by atoms with Crippen molar-refractivity contribution in [1.82, 2.24) is 4.98 Å². The van der Waals surface area contributed by atoms with Crippen LogP contribution in [-0.4, -0.2) is 15.7 Å². The number of thiazole rings is 1. The smallest absolute Gasteiger partial charge is 0.0897 e. The van der Waals surface area contributed by atoms with Crippen LogP contribution >= 0.6 is 11.3 Å². The molecule has 0 bridgehead atoms. The first-order valence-electron chi connectivity index (χ1n) is 6.62. The highest BCUT2D eigenvalue weighted by molar-refractivity contribution is 7.09. The molecule has 1 N–H and O–H groups in total. The zero-order valence-electron chi connectivity index (χ0n) is 11.1. The van der Waals surface area contributed by atoms with E-state index in [9.17, 15) is 5.11 Å². The normalized spacial score (nSPS) is 29.8. The molecule has 0 radical (unpaired) electrons. The number of nitrogens with zero attached hydrogens (tertiary/aromatic N) is 1. The van der Waals surface area contributed by atoms with Gasteiger partial charge >= 0.3 is 0 Å². The van der Waals surface area contributed by atoms with Crippen molar-refractivity contribution in [1.29, 1.82) is 0 Å². The maximum atomic E-state index is 10.6. The molecule has 1 aliphatic carbocycles. The van der Waals surface area contributed by atoms with Crippen molar-refractivity contribution in [2.45, 2.75) is 58.5 Å². The van der Waals surface area contributed by atoms with E-state index in [0.29, 0.717) is 0 Å². The van der Waals surface area contributed by atoms with E-state index >= 15 is 0 Å². The molecular formula is C14H23NOS. The Morgan fingerprint density at radius 1 is 1.47 bits per heavy atom. The molecule has 96 valence electrons. The van der Waals surface area contributed by atoms with Crippen LogP contribution in [0.15, 0.2) is 5.38 Å². The molecule has 1 heterocycles. The summed E-state index contributed by atoms with van der Waals surface area (Å²) in [5, 5.41) is 13.8. The van der Waals surface area contributed by atoms with Gasteiger partial charge in [0.25, 0.3) is 0 Å². The Morgan fingerprint density at radius 3 is 2.59 bits per heavy atom. The lowest BCUT2D eigenvalue weighted by Gasteiger charge is -2.37. The molecule has 3 heteroatoms. The lowest BCUT2D eigenvalue weighted by Crippen LogP contribution is -2.37. The van der Waals surface area contributed by atoms with Crippen LogP contribution in [0.5, 0.6) is 0 Å². The first-order chi connectivity index (χ1) is 7.98. The molecule has 1 aromatic rings. The molecule has 0 saturated heterocycles. The zero-order valence-corrected chi connectivity index (χ0v) is 11.9. The van der Waals surface area contributed by atoms with Gasteiger partial charge < -0.3 is 5.11 Å². The van der Waals surface area contributed by atoms with Crippen molar-refractivity contribution in [2.75, 3.05) is 0 Å². The average Bonchev–Trinajstić information content (AvgIpc) is 2.63. The summed E-state index contributed by atoms with van der Waals surface area (Å²) >= 11 is 1.67. The second kappa shape index (κ2) is 5.07. The molecule has 1 aliphatic rings. The summed E-state index contributed by atoms with van der Waals surface area (Å²) in [6, 6.07) is 0. The van der Waals surface area contributed by atoms with Crippen LogP contribution in [-0.2, 0) is 6.42 Å². The van der Waals surface area contributed by atoms with Crippen LogP contribution in [0.3, 0.4) is 0 Å². The molecule has 1 aromatic heterocycles. The van der Waals surface area contributed by atoms with Crippen molar-refractivity contribution in [3.05, 3.63) is 16.1 Å². The van der Waals surface area contributed by atoms with Gasteiger partial charge in [-0.25, -0.2) is 4.98 Å². The largest absolute Gasteiger partial charge is 0.389 e. The highest BCUT2D eigenvalue weighted by atomic mass is 32.1. The molecule has 2 rings (SSSR count). The van der Waals surface area contributed by atoms with E-state index in [1.807, 2.05) is 6.92 Å². The number of hydrogen-bond donors (Lipinski definition) is 1. The number of aryl methyl sites for hydroxylation is 1. The molecule has 0 spiro atoms. The van der Waals surface area contributed by atoms with Crippen molar-refractivity contribution in [2.24, 2.45) is 11.8 Å². The Morgan fingerprint density at radius 2 is 2.12 bits per heavy atom. The Hall–Kier alpha value is -0.410. The third-order valence-corrected chi connectivity index (χ3v) is 4.90. The average molecular weight is 253 g/mol. The lowest BCUT2D eigenvalue weighted by atomic mass is 9.73. The molecule has 0 amide bonds. The van der Waals surface area contributed by atoms with Gasteiger partial charge in [-0.2, -0.15) is 0 Å². The lowest BCUT2D eigenvalue weighted by molar-refractivity contribution is -0.0152. The van der Waals surface area contributed by atoms with E-state index in [1.165, 1.54) is 0 Å².